The summed E-state index contributed by atoms with van der Waals surface area (Å²) >= 11 is 0. The van der Waals surface area contributed by atoms with E-state index in [-0.39, 0.29) is 16.4 Å². The number of benzene rings is 2. The van der Waals surface area contributed by atoms with Crippen molar-refractivity contribution >= 4 is 16.6 Å². The van der Waals surface area contributed by atoms with Crippen LogP contribution < -0.4 is 0 Å². The molecule has 0 radical (unpaired) electrons. The van der Waals surface area contributed by atoms with Crippen LogP contribution in [0.1, 0.15) is 21.5 Å². The van der Waals surface area contributed by atoms with Crippen molar-refractivity contribution in [3.05, 3.63) is 64.7 Å². The molecular weight excluding hydrogens is 294 g/mol. The van der Waals surface area contributed by atoms with E-state index < -0.39 is 22.4 Å². The Hall–Kier alpha value is -1.88. The van der Waals surface area contributed by atoms with Crippen molar-refractivity contribution in [2.45, 2.75) is 18.7 Å². The van der Waals surface area contributed by atoms with Gasteiger partial charge in [-0.05, 0) is 37.6 Å². The molecule has 0 saturated heterocycles. The molecule has 2 nitrogen and oxygen atoms in total. The van der Waals surface area contributed by atoms with Crippen LogP contribution in [0.15, 0.2) is 41.3 Å². The van der Waals surface area contributed by atoms with Crippen molar-refractivity contribution in [3.8, 4) is 0 Å². The lowest BCUT2D eigenvalue weighted by molar-refractivity contribution is 0.102. The summed E-state index contributed by atoms with van der Waals surface area (Å²) < 4.78 is 38.7. The van der Waals surface area contributed by atoms with Crippen molar-refractivity contribution < 1.29 is 17.8 Å². The molecule has 0 aliphatic heterocycles. The molecule has 21 heavy (non-hydrogen) atoms. The number of aryl methyl sites for hydroxylation is 2. The molecule has 5 heteroatoms. The van der Waals surface area contributed by atoms with Gasteiger partial charge < -0.3 is 0 Å². The SMILES string of the molecule is Cc1ccc(C(=O)CS(=O)c2cc(F)ccc2F)c(C)c1. The number of carbonyl (C=O) groups is 1. The first-order valence-corrected chi connectivity index (χ1v) is 7.64. The van der Waals surface area contributed by atoms with Gasteiger partial charge in [0.05, 0.1) is 21.4 Å². The van der Waals surface area contributed by atoms with E-state index in [0.29, 0.717) is 5.56 Å². The van der Waals surface area contributed by atoms with E-state index in [1.165, 1.54) is 0 Å². The molecule has 110 valence electrons. The third-order valence-corrected chi connectivity index (χ3v) is 4.41. The van der Waals surface area contributed by atoms with Crippen LogP contribution in [0.3, 0.4) is 0 Å². The van der Waals surface area contributed by atoms with Crippen LogP contribution in [0.2, 0.25) is 0 Å². The number of hydrogen-bond donors (Lipinski definition) is 0. The Morgan fingerprint density at radius 3 is 2.48 bits per heavy atom. The molecule has 0 aliphatic rings. The van der Waals surface area contributed by atoms with E-state index in [1.54, 1.807) is 19.1 Å². The van der Waals surface area contributed by atoms with Crippen molar-refractivity contribution in [1.29, 1.82) is 0 Å². The minimum absolute atomic E-state index is 0.284. The first kappa shape index (κ1) is 15.5. The van der Waals surface area contributed by atoms with Gasteiger partial charge in [-0.15, -0.1) is 0 Å². The van der Waals surface area contributed by atoms with Gasteiger partial charge in [-0.25, -0.2) is 8.78 Å². The molecule has 0 amide bonds. The van der Waals surface area contributed by atoms with Crippen LogP contribution >= 0.6 is 0 Å². The third-order valence-electron chi connectivity index (χ3n) is 3.08. The van der Waals surface area contributed by atoms with Gasteiger partial charge in [0.25, 0.3) is 0 Å². The normalized spacial score (nSPS) is 12.2. The molecule has 0 heterocycles. The van der Waals surface area contributed by atoms with Gasteiger partial charge in [-0.2, -0.15) is 0 Å². The first-order valence-electron chi connectivity index (χ1n) is 6.32. The molecular formula is C16H14F2O2S. The van der Waals surface area contributed by atoms with E-state index in [4.69, 9.17) is 0 Å². The van der Waals surface area contributed by atoms with Crippen molar-refractivity contribution in [2.75, 3.05) is 5.75 Å². The molecule has 2 rings (SSSR count). The van der Waals surface area contributed by atoms with E-state index in [1.807, 2.05) is 13.0 Å². The van der Waals surface area contributed by atoms with E-state index in [9.17, 15) is 17.8 Å². The van der Waals surface area contributed by atoms with E-state index in [2.05, 4.69) is 0 Å². The summed E-state index contributed by atoms with van der Waals surface area (Å²) in [7, 11) is -1.91. The van der Waals surface area contributed by atoms with E-state index in [0.717, 1.165) is 29.3 Å². The molecule has 0 spiro atoms. The predicted octanol–water partition coefficient (Wildman–Crippen LogP) is 3.57. The second-order valence-corrected chi connectivity index (χ2v) is 6.23. The summed E-state index contributed by atoms with van der Waals surface area (Å²) in [6.45, 7) is 3.69. The lowest BCUT2D eigenvalue weighted by atomic mass is 10.0. The van der Waals surface area contributed by atoms with Crippen LogP contribution in [-0.2, 0) is 10.8 Å². The fraction of sp³-hybridized carbons (Fsp3) is 0.188. The molecule has 0 saturated carbocycles. The summed E-state index contributed by atoms with van der Waals surface area (Å²) in [6, 6.07) is 8.00. The Bertz CT molecular complexity index is 726. The summed E-state index contributed by atoms with van der Waals surface area (Å²) in [4.78, 5) is 11.9. The Morgan fingerprint density at radius 2 is 1.81 bits per heavy atom. The lowest BCUT2D eigenvalue weighted by Crippen LogP contribution is -2.13. The van der Waals surface area contributed by atoms with Gasteiger partial charge in [0.2, 0.25) is 0 Å². The molecule has 0 aromatic heterocycles. The summed E-state index contributed by atoms with van der Waals surface area (Å²) in [5.41, 5.74) is 2.24. The third kappa shape index (κ3) is 3.61. The highest BCUT2D eigenvalue weighted by Gasteiger charge is 2.17. The highest BCUT2D eigenvalue weighted by molar-refractivity contribution is 7.85. The maximum Gasteiger partial charge on any atom is 0.175 e. The zero-order valence-corrected chi connectivity index (χ0v) is 12.5. The minimum Gasteiger partial charge on any atom is -0.293 e. The number of halogens is 2. The number of rotatable bonds is 4. The van der Waals surface area contributed by atoms with Gasteiger partial charge in [0, 0.05) is 5.56 Å². The van der Waals surface area contributed by atoms with Crippen LogP contribution in [0, 0.1) is 25.5 Å². The fourth-order valence-electron chi connectivity index (χ4n) is 2.05. The fourth-order valence-corrected chi connectivity index (χ4v) is 3.13. The quantitative estimate of drug-likeness (QED) is 0.809. The highest BCUT2D eigenvalue weighted by atomic mass is 32.2. The average Bonchev–Trinajstić information content (AvgIpc) is 2.41. The number of hydrogen-bond acceptors (Lipinski definition) is 2. The van der Waals surface area contributed by atoms with Gasteiger partial charge in [0.15, 0.2) is 5.78 Å². The molecule has 2 aromatic rings. The van der Waals surface area contributed by atoms with Crippen LogP contribution in [0.5, 0.6) is 0 Å². The average molecular weight is 308 g/mol. The molecule has 1 unspecified atom stereocenters. The summed E-state index contributed by atoms with van der Waals surface area (Å²) in [5.74, 6) is -2.18. The number of carbonyl (C=O) groups excluding carboxylic acids is 1. The number of ketones is 1. The lowest BCUT2D eigenvalue weighted by Gasteiger charge is -2.07. The Morgan fingerprint density at radius 1 is 1.10 bits per heavy atom. The van der Waals surface area contributed by atoms with Crippen LogP contribution in [0.4, 0.5) is 8.78 Å². The zero-order chi connectivity index (χ0) is 15.6. The Labute approximate surface area is 124 Å². The predicted molar refractivity (Wildman–Crippen MR) is 77.9 cm³/mol. The molecule has 0 fully saturated rings. The second kappa shape index (κ2) is 6.26. The summed E-state index contributed by atoms with van der Waals surface area (Å²) in [5, 5.41) is 0. The van der Waals surface area contributed by atoms with Gasteiger partial charge >= 0.3 is 0 Å². The van der Waals surface area contributed by atoms with Gasteiger partial charge in [0.1, 0.15) is 11.6 Å². The number of Topliss-reactive ketones (excluding diaryl/α,β-unsaturated/α-hetero) is 1. The van der Waals surface area contributed by atoms with Gasteiger partial charge in [-0.3, -0.25) is 9.00 Å². The molecule has 0 aliphatic carbocycles. The standard InChI is InChI=1S/C16H14F2O2S/c1-10-3-5-13(11(2)7-10)15(19)9-21(20)16-8-12(17)4-6-14(16)18/h3-8H,9H2,1-2H3. The molecule has 0 bridgehead atoms. The van der Waals surface area contributed by atoms with Crippen molar-refractivity contribution in [2.24, 2.45) is 0 Å². The van der Waals surface area contributed by atoms with Crippen LogP contribution in [-0.4, -0.2) is 15.7 Å². The maximum atomic E-state index is 13.5. The van der Waals surface area contributed by atoms with Gasteiger partial charge in [-0.1, -0.05) is 23.8 Å². The smallest absolute Gasteiger partial charge is 0.175 e. The monoisotopic (exact) mass is 308 g/mol. The van der Waals surface area contributed by atoms with Crippen LogP contribution in [0.25, 0.3) is 0 Å². The summed E-state index contributed by atoms with van der Waals surface area (Å²) in [6.07, 6.45) is 0. The minimum atomic E-state index is -1.91. The zero-order valence-electron chi connectivity index (χ0n) is 11.7. The topological polar surface area (TPSA) is 34.1 Å². The molecule has 2 aromatic carbocycles. The molecule has 1 atom stereocenters. The Kier molecular flexibility index (Phi) is 4.63. The maximum absolute atomic E-state index is 13.5. The first-order chi connectivity index (χ1) is 9.88. The van der Waals surface area contributed by atoms with E-state index >= 15 is 0 Å². The Balaban J connectivity index is 2.23. The molecule has 0 N–H and O–H groups in total. The highest BCUT2D eigenvalue weighted by Crippen LogP contribution is 2.17. The van der Waals surface area contributed by atoms with Crippen molar-refractivity contribution in [3.63, 3.8) is 0 Å². The van der Waals surface area contributed by atoms with Crippen molar-refractivity contribution in [1.82, 2.24) is 0 Å². The largest absolute Gasteiger partial charge is 0.293 e. The second-order valence-electron chi connectivity index (χ2n) is 4.81.